The SMILES string of the molecule is Cc1cc(-c2nn(-c3ccc(-n4cccn4)cc3C)ccc2=O)n(-c2cccc(OC(F)(F)F)c2)n1. The standard InChI is InChI=1S/C25H19F3N6O2/c1-16-13-18(32-11-4-10-29-32)7-8-21(16)33-12-9-23(35)24(31-33)22-14-17(2)30-34(22)19-5-3-6-20(15-19)36-25(26,27)28/h3-15H,1-2H3. The number of nitrogens with zero attached hydrogens (tertiary/aromatic N) is 6. The van der Waals surface area contributed by atoms with Gasteiger partial charge in [-0.15, -0.1) is 13.2 Å². The third-order valence-corrected chi connectivity index (χ3v) is 5.37. The van der Waals surface area contributed by atoms with E-state index in [4.69, 9.17) is 0 Å². The molecule has 8 nitrogen and oxygen atoms in total. The zero-order valence-corrected chi connectivity index (χ0v) is 19.1. The Morgan fingerprint density at radius 2 is 1.69 bits per heavy atom. The van der Waals surface area contributed by atoms with Gasteiger partial charge in [-0.05, 0) is 61.9 Å². The van der Waals surface area contributed by atoms with E-state index in [0.717, 1.165) is 16.9 Å². The lowest BCUT2D eigenvalue weighted by molar-refractivity contribution is -0.274. The molecule has 0 unspecified atom stereocenters. The second kappa shape index (κ2) is 8.84. The molecule has 0 radical (unpaired) electrons. The van der Waals surface area contributed by atoms with E-state index in [2.05, 4.69) is 20.0 Å². The Hall–Kier alpha value is -4.67. The Morgan fingerprint density at radius 3 is 2.42 bits per heavy atom. The molecule has 0 atom stereocenters. The summed E-state index contributed by atoms with van der Waals surface area (Å²) in [7, 11) is 0. The molecule has 0 saturated heterocycles. The minimum absolute atomic E-state index is 0.0933. The third kappa shape index (κ3) is 4.63. The fourth-order valence-corrected chi connectivity index (χ4v) is 3.86. The molecule has 0 saturated carbocycles. The van der Waals surface area contributed by atoms with Crippen LogP contribution in [-0.2, 0) is 0 Å². The summed E-state index contributed by atoms with van der Waals surface area (Å²) in [6.45, 7) is 3.64. The summed E-state index contributed by atoms with van der Waals surface area (Å²) in [4.78, 5) is 12.8. The van der Waals surface area contributed by atoms with E-state index >= 15 is 0 Å². The normalized spacial score (nSPS) is 11.6. The van der Waals surface area contributed by atoms with Gasteiger partial charge in [-0.25, -0.2) is 14.0 Å². The van der Waals surface area contributed by atoms with Gasteiger partial charge < -0.3 is 4.74 Å². The van der Waals surface area contributed by atoms with Crippen LogP contribution in [0.2, 0.25) is 0 Å². The molecule has 0 aliphatic carbocycles. The van der Waals surface area contributed by atoms with Crippen molar-refractivity contribution in [3.8, 4) is 34.2 Å². The van der Waals surface area contributed by atoms with Gasteiger partial charge in [0.15, 0.2) is 5.69 Å². The van der Waals surface area contributed by atoms with Crippen molar-refractivity contribution in [1.82, 2.24) is 29.3 Å². The Morgan fingerprint density at radius 1 is 0.861 bits per heavy atom. The van der Waals surface area contributed by atoms with Crippen LogP contribution in [0.5, 0.6) is 5.75 Å². The van der Waals surface area contributed by atoms with Crippen molar-refractivity contribution in [2.24, 2.45) is 0 Å². The number of hydrogen-bond donors (Lipinski definition) is 0. The van der Waals surface area contributed by atoms with Crippen LogP contribution < -0.4 is 10.2 Å². The molecule has 182 valence electrons. The van der Waals surface area contributed by atoms with Crippen LogP contribution in [0.3, 0.4) is 0 Å². The van der Waals surface area contributed by atoms with E-state index in [9.17, 15) is 18.0 Å². The van der Waals surface area contributed by atoms with Crippen LogP contribution in [0.25, 0.3) is 28.5 Å². The number of rotatable bonds is 5. The molecule has 0 amide bonds. The first-order chi connectivity index (χ1) is 17.2. The average molecular weight is 492 g/mol. The summed E-state index contributed by atoms with van der Waals surface area (Å²) in [5.41, 5.74) is 3.43. The number of alkyl halides is 3. The highest BCUT2D eigenvalue weighted by Gasteiger charge is 2.31. The molecule has 36 heavy (non-hydrogen) atoms. The largest absolute Gasteiger partial charge is 0.573 e. The van der Waals surface area contributed by atoms with E-state index in [1.807, 2.05) is 37.4 Å². The zero-order valence-electron chi connectivity index (χ0n) is 19.1. The van der Waals surface area contributed by atoms with Crippen molar-refractivity contribution in [1.29, 1.82) is 0 Å². The molecule has 3 aromatic heterocycles. The summed E-state index contributed by atoms with van der Waals surface area (Å²) >= 11 is 0. The van der Waals surface area contributed by atoms with E-state index in [1.165, 1.54) is 28.9 Å². The Bertz CT molecular complexity index is 1600. The summed E-state index contributed by atoms with van der Waals surface area (Å²) in [6.07, 6.45) is 0.255. The first kappa shape index (κ1) is 23.1. The minimum Gasteiger partial charge on any atom is -0.406 e. The fourth-order valence-electron chi connectivity index (χ4n) is 3.86. The molecule has 0 aliphatic rings. The van der Waals surface area contributed by atoms with E-state index in [1.54, 1.807) is 40.8 Å². The summed E-state index contributed by atoms with van der Waals surface area (Å²) < 4.78 is 46.9. The lowest BCUT2D eigenvalue weighted by Crippen LogP contribution is -2.17. The highest BCUT2D eigenvalue weighted by Crippen LogP contribution is 2.27. The van der Waals surface area contributed by atoms with Crippen molar-refractivity contribution in [2.45, 2.75) is 20.2 Å². The fraction of sp³-hybridized carbons (Fsp3) is 0.120. The molecule has 11 heteroatoms. The number of halogens is 3. The number of aromatic nitrogens is 6. The van der Waals surface area contributed by atoms with Gasteiger partial charge in [-0.3, -0.25) is 4.79 Å². The molecule has 0 N–H and O–H groups in total. The van der Waals surface area contributed by atoms with Crippen molar-refractivity contribution in [3.05, 3.63) is 101 Å². The summed E-state index contributed by atoms with van der Waals surface area (Å²) in [5, 5.41) is 13.2. The molecule has 5 rings (SSSR count). The summed E-state index contributed by atoms with van der Waals surface area (Å²) in [5.74, 6) is -0.398. The molecular weight excluding hydrogens is 473 g/mol. The lowest BCUT2D eigenvalue weighted by atomic mass is 10.1. The highest BCUT2D eigenvalue weighted by atomic mass is 19.4. The quantitative estimate of drug-likeness (QED) is 0.353. The van der Waals surface area contributed by atoms with Crippen molar-refractivity contribution < 1.29 is 17.9 Å². The van der Waals surface area contributed by atoms with Crippen LogP contribution in [0, 0.1) is 13.8 Å². The topological polar surface area (TPSA) is 79.8 Å². The monoisotopic (exact) mass is 492 g/mol. The van der Waals surface area contributed by atoms with Crippen molar-refractivity contribution >= 4 is 0 Å². The maximum atomic E-state index is 12.8. The first-order valence-electron chi connectivity index (χ1n) is 10.8. The lowest BCUT2D eigenvalue weighted by Gasteiger charge is -2.13. The van der Waals surface area contributed by atoms with E-state index in [0.29, 0.717) is 11.4 Å². The molecule has 0 aliphatic heterocycles. The Balaban J connectivity index is 1.57. The van der Waals surface area contributed by atoms with Gasteiger partial charge in [0.05, 0.1) is 28.5 Å². The first-order valence-corrected chi connectivity index (χ1v) is 10.8. The van der Waals surface area contributed by atoms with Crippen LogP contribution >= 0.6 is 0 Å². The van der Waals surface area contributed by atoms with Crippen molar-refractivity contribution in [2.75, 3.05) is 0 Å². The van der Waals surface area contributed by atoms with Crippen LogP contribution in [0.4, 0.5) is 13.2 Å². The second-order valence-electron chi connectivity index (χ2n) is 8.02. The van der Waals surface area contributed by atoms with Gasteiger partial charge in [-0.1, -0.05) is 6.07 Å². The van der Waals surface area contributed by atoms with Gasteiger partial charge in [0.2, 0.25) is 5.43 Å². The van der Waals surface area contributed by atoms with Gasteiger partial charge in [0, 0.05) is 30.7 Å². The number of ether oxygens (including phenoxy) is 1. The molecule has 5 aromatic rings. The zero-order chi connectivity index (χ0) is 25.4. The van der Waals surface area contributed by atoms with Gasteiger partial charge in [0.1, 0.15) is 5.75 Å². The second-order valence-corrected chi connectivity index (χ2v) is 8.02. The van der Waals surface area contributed by atoms with Gasteiger partial charge in [-0.2, -0.15) is 15.3 Å². The molecule has 0 bridgehead atoms. The van der Waals surface area contributed by atoms with Crippen LogP contribution in [-0.4, -0.2) is 35.7 Å². The molecular formula is C25H19F3N6O2. The smallest absolute Gasteiger partial charge is 0.406 e. The molecule has 0 fully saturated rings. The molecule has 0 spiro atoms. The maximum absolute atomic E-state index is 12.8. The number of benzene rings is 2. The minimum atomic E-state index is -4.83. The molecule has 3 heterocycles. The Kier molecular flexibility index (Phi) is 5.67. The van der Waals surface area contributed by atoms with Gasteiger partial charge in [0.25, 0.3) is 0 Å². The number of aryl methyl sites for hydroxylation is 2. The number of hydrogen-bond acceptors (Lipinski definition) is 5. The van der Waals surface area contributed by atoms with Gasteiger partial charge >= 0.3 is 6.36 Å². The average Bonchev–Trinajstić information content (AvgIpc) is 3.49. The Labute approximate surface area is 202 Å². The van der Waals surface area contributed by atoms with E-state index < -0.39 is 12.1 Å². The van der Waals surface area contributed by atoms with Crippen LogP contribution in [0.1, 0.15) is 11.3 Å². The predicted molar refractivity (Wildman–Crippen MR) is 126 cm³/mol. The van der Waals surface area contributed by atoms with Crippen molar-refractivity contribution in [3.63, 3.8) is 0 Å². The molecule has 2 aromatic carbocycles. The maximum Gasteiger partial charge on any atom is 0.573 e. The highest BCUT2D eigenvalue weighted by molar-refractivity contribution is 5.59. The summed E-state index contributed by atoms with van der Waals surface area (Å²) in [6, 6.07) is 15.9. The predicted octanol–water partition coefficient (Wildman–Crippen LogP) is 4.79. The van der Waals surface area contributed by atoms with E-state index in [-0.39, 0.29) is 16.8 Å². The van der Waals surface area contributed by atoms with Crippen LogP contribution in [0.15, 0.2) is 84.0 Å². The third-order valence-electron chi connectivity index (χ3n) is 5.37.